The first-order chi connectivity index (χ1) is 12.8. The highest BCUT2D eigenvalue weighted by Crippen LogP contribution is 2.32. The summed E-state index contributed by atoms with van der Waals surface area (Å²) in [7, 11) is 1.71. The Morgan fingerprint density at radius 3 is 2.33 bits per heavy atom. The molecular formula is C23H31NO2S. The van der Waals surface area contributed by atoms with Crippen molar-refractivity contribution in [1.82, 2.24) is 5.32 Å². The number of ether oxygens (including phenoxy) is 1. The Bertz CT molecular complexity index is 758. The Labute approximate surface area is 167 Å². The van der Waals surface area contributed by atoms with Crippen LogP contribution in [-0.2, 0) is 10.5 Å². The van der Waals surface area contributed by atoms with Crippen LogP contribution in [0.2, 0.25) is 0 Å². The largest absolute Gasteiger partial charge is 0.496 e. The van der Waals surface area contributed by atoms with E-state index in [4.69, 9.17) is 4.74 Å². The lowest BCUT2D eigenvalue weighted by Gasteiger charge is -2.22. The summed E-state index contributed by atoms with van der Waals surface area (Å²) in [5.41, 5.74) is 4.69. The van der Waals surface area contributed by atoms with Crippen LogP contribution >= 0.6 is 11.8 Å². The molecule has 2 atom stereocenters. The first-order valence-corrected chi connectivity index (χ1v) is 10.5. The van der Waals surface area contributed by atoms with Gasteiger partial charge in [0.25, 0.3) is 0 Å². The Hall–Kier alpha value is -1.94. The van der Waals surface area contributed by atoms with Gasteiger partial charge in [0.1, 0.15) is 5.75 Å². The molecule has 0 aliphatic rings. The van der Waals surface area contributed by atoms with Crippen molar-refractivity contribution in [2.75, 3.05) is 7.11 Å². The molecule has 2 aromatic carbocycles. The third kappa shape index (κ3) is 5.77. The van der Waals surface area contributed by atoms with Crippen molar-refractivity contribution in [1.29, 1.82) is 0 Å². The van der Waals surface area contributed by atoms with Crippen molar-refractivity contribution in [2.45, 2.75) is 57.6 Å². The van der Waals surface area contributed by atoms with Gasteiger partial charge in [0.05, 0.1) is 18.4 Å². The molecule has 0 aromatic heterocycles. The summed E-state index contributed by atoms with van der Waals surface area (Å²) in [4.78, 5) is 12.6. The normalized spacial score (nSPS) is 13.3. The lowest BCUT2D eigenvalue weighted by molar-refractivity contribution is -0.120. The van der Waals surface area contributed by atoms with Crippen molar-refractivity contribution in [2.24, 2.45) is 0 Å². The van der Waals surface area contributed by atoms with Crippen LogP contribution in [0.5, 0.6) is 5.75 Å². The van der Waals surface area contributed by atoms with Gasteiger partial charge in [-0.15, -0.1) is 11.8 Å². The molecule has 0 aliphatic heterocycles. The van der Waals surface area contributed by atoms with Gasteiger partial charge in [0.15, 0.2) is 0 Å². The van der Waals surface area contributed by atoms with E-state index in [0.717, 1.165) is 22.6 Å². The number of carbonyl (C=O) groups is 1. The standard InChI is InChI=1S/C23H31NO2S/c1-15(2)20-13-21(16(3)12-22(20)26-6)17(4)24-23(25)18(5)27-14-19-10-8-7-9-11-19/h7-13,15,17-18H,14H2,1-6H3,(H,24,25)/t17-,18-/m0/s1. The number of amides is 1. The van der Waals surface area contributed by atoms with Crippen molar-refractivity contribution in [3.05, 3.63) is 64.7 Å². The van der Waals surface area contributed by atoms with Gasteiger partial charge in [0.2, 0.25) is 5.91 Å². The second-order valence-corrected chi connectivity index (χ2v) is 8.60. The number of hydrogen-bond donors (Lipinski definition) is 1. The lowest BCUT2D eigenvalue weighted by Crippen LogP contribution is -2.33. The topological polar surface area (TPSA) is 38.3 Å². The molecule has 2 aromatic rings. The van der Waals surface area contributed by atoms with Gasteiger partial charge in [0, 0.05) is 5.75 Å². The maximum Gasteiger partial charge on any atom is 0.233 e. The molecule has 0 unspecified atom stereocenters. The van der Waals surface area contributed by atoms with Crippen LogP contribution in [0, 0.1) is 6.92 Å². The molecule has 0 fully saturated rings. The summed E-state index contributed by atoms with van der Waals surface area (Å²) in [5, 5.41) is 3.07. The average molecular weight is 386 g/mol. The minimum Gasteiger partial charge on any atom is -0.496 e. The van der Waals surface area contributed by atoms with Crippen LogP contribution in [0.3, 0.4) is 0 Å². The summed E-state index contributed by atoms with van der Waals surface area (Å²) in [5.74, 6) is 2.19. The quantitative estimate of drug-likeness (QED) is 0.640. The van der Waals surface area contributed by atoms with E-state index >= 15 is 0 Å². The predicted molar refractivity (Wildman–Crippen MR) is 116 cm³/mol. The molecule has 146 valence electrons. The maximum absolute atomic E-state index is 12.6. The van der Waals surface area contributed by atoms with Crippen molar-refractivity contribution in [3.63, 3.8) is 0 Å². The van der Waals surface area contributed by atoms with Gasteiger partial charge >= 0.3 is 0 Å². The summed E-state index contributed by atoms with van der Waals surface area (Å²) in [6, 6.07) is 14.5. The Kier molecular flexibility index (Phi) is 7.78. The van der Waals surface area contributed by atoms with Gasteiger partial charge in [-0.2, -0.15) is 0 Å². The SMILES string of the molecule is COc1cc(C)c([C@H](C)NC(=O)[C@H](C)SCc2ccccc2)cc1C(C)C. The first-order valence-electron chi connectivity index (χ1n) is 9.47. The number of benzene rings is 2. The highest BCUT2D eigenvalue weighted by Gasteiger charge is 2.20. The van der Waals surface area contributed by atoms with E-state index in [2.05, 4.69) is 50.4 Å². The summed E-state index contributed by atoms with van der Waals surface area (Å²) >= 11 is 1.66. The maximum atomic E-state index is 12.6. The number of aryl methyl sites for hydroxylation is 1. The molecule has 27 heavy (non-hydrogen) atoms. The molecule has 1 amide bonds. The number of hydrogen-bond acceptors (Lipinski definition) is 3. The highest BCUT2D eigenvalue weighted by atomic mass is 32.2. The average Bonchev–Trinajstić information content (AvgIpc) is 2.66. The number of carbonyl (C=O) groups excluding carboxylic acids is 1. The molecule has 0 bridgehead atoms. The molecule has 1 N–H and O–H groups in total. The summed E-state index contributed by atoms with van der Waals surface area (Å²) in [6.07, 6.45) is 0. The Morgan fingerprint density at radius 2 is 1.74 bits per heavy atom. The van der Waals surface area contributed by atoms with Crippen LogP contribution in [0.4, 0.5) is 0 Å². The molecule has 0 saturated carbocycles. The van der Waals surface area contributed by atoms with E-state index in [1.807, 2.05) is 32.0 Å². The molecule has 0 saturated heterocycles. The monoisotopic (exact) mass is 385 g/mol. The highest BCUT2D eigenvalue weighted by molar-refractivity contribution is 7.99. The molecule has 0 radical (unpaired) electrons. The fraction of sp³-hybridized carbons (Fsp3) is 0.435. The molecular weight excluding hydrogens is 354 g/mol. The molecule has 0 spiro atoms. The van der Waals surface area contributed by atoms with E-state index in [9.17, 15) is 4.79 Å². The van der Waals surface area contributed by atoms with Crippen LogP contribution < -0.4 is 10.1 Å². The summed E-state index contributed by atoms with van der Waals surface area (Å²) in [6.45, 7) is 10.4. The smallest absolute Gasteiger partial charge is 0.233 e. The molecule has 0 aliphatic carbocycles. The van der Waals surface area contributed by atoms with Crippen LogP contribution in [0.1, 0.15) is 61.9 Å². The summed E-state index contributed by atoms with van der Waals surface area (Å²) < 4.78 is 5.52. The number of thioether (sulfide) groups is 1. The van der Waals surface area contributed by atoms with Crippen molar-refractivity contribution in [3.8, 4) is 5.75 Å². The second-order valence-electron chi connectivity index (χ2n) is 7.27. The van der Waals surface area contributed by atoms with Crippen molar-refractivity contribution < 1.29 is 9.53 Å². The van der Waals surface area contributed by atoms with Crippen LogP contribution in [-0.4, -0.2) is 18.3 Å². The third-order valence-corrected chi connectivity index (χ3v) is 5.99. The molecule has 2 rings (SSSR count). The minimum atomic E-state index is -0.101. The minimum absolute atomic E-state index is 0.0410. The number of methoxy groups -OCH3 is 1. The molecule has 4 heteroatoms. The van der Waals surface area contributed by atoms with E-state index in [1.54, 1.807) is 18.9 Å². The Balaban J connectivity index is 2.04. The zero-order chi connectivity index (χ0) is 20.0. The fourth-order valence-corrected chi connectivity index (χ4v) is 3.94. The van der Waals surface area contributed by atoms with Gasteiger partial charge in [-0.05, 0) is 61.1 Å². The van der Waals surface area contributed by atoms with Gasteiger partial charge < -0.3 is 10.1 Å². The second kappa shape index (κ2) is 9.84. The third-order valence-electron chi connectivity index (χ3n) is 4.78. The Morgan fingerprint density at radius 1 is 1.07 bits per heavy atom. The van der Waals surface area contributed by atoms with E-state index in [0.29, 0.717) is 5.92 Å². The molecule has 3 nitrogen and oxygen atoms in total. The van der Waals surface area contributed by atoms with Gasteiger partial charge in [-0.1, -0.05) is 44.2 Å². The lowest BCUT2D eigenvalue weighted by atomic mass is 9.93. The van der Waals surface area contributed by atoms with Gasteiger partial charge in [-0.25, -0.2) is 0 Å². The van der Waals surface area contributed by atoms with Crippen molar-refractivity contribution >= 4 is 17.7 Å². The first kappa shape index (κ1) is 21.4. The van der Waals surface area contributed by atoms with Crippen LogP contribution in [0.25, 0.3) is 0 Å². The van der Waals surface area contributed by atoms with E-state index in [1.165, 1.54) is 11.1 Å². The zero-order valence-corrected chi connectivity index (χ0v) is 18.0. The number of rotatable bonds is 8. The fourth-order valence-electron chi connectivity index (χ4n) is 3.09. The van der Waals surface area contributed by atoms with E-state index < -0.39 is 0 Å². The predicted octanol–water partition coefficient (Wildman–Crippen LogP) is 5.63. The molecule has 0 heterocycles. The van der Waals surface area contributed by atoms with Gasteiger partial charge in [-0.3, -0.25) is 4.79 Å². The number of nitrogens with one attached hydrogen (secondary N) is 1. The van der Waals surface area contributed by atoms with Crippen LogP contribution in [0.15, 0.2) is 42.5 Å². The zero-order valence-electron chi connectivity index (χ0n) is 17.2. The van der Waals surface area contributed by atoms with E-state index in [-0.39, 0.29) is 17.2 Å².